The van der Waals surface area contributed by atoms with E-state index in [0.717, 1.165) is 25.7 Å². The Morgan fingerprint density at radius 3 is 2.38 bits per heavy atom. The quantitative estimate of drug-likeness (QED) is 0.702. The maximum absolute atomic E-state index is 12.2. The molecule has 0 aromatic heterocycles. The van der Waals surface area contributed by atoms with Crippen LogP contribution < -0.4 is 11.1 Å². The van der Waals surface area contributed by atoms with Gasteiger partial charge in [0.2, 0.25) is 5.91 Å². The molecule has 2 atom stereocenters. The number of aliphatic carboxylic acids is 1. The summed E-state index contributed by atoms with van der Waals surface area (Å²) in [6, 6.07) is -0.455. The zero-order chi connectivity index (χ0) is 15.4. The lowest BCUT2D eigenvalue weighted by atomic mass is 9.93. The molecule has 7 heteroatoms. The van der Waals surface area contributed by atoms with Gasteiger partial charge in [-0.05, 0) is 31.6 Å². The molecular weight excluding hydrogens is 274 g/mol. The van der Waals surface area contributed by atoms with Crippen LogP contribution in [-0.4, -0.2) is 47.0 Å². The summed E-state index contributed by atoms with van der Waals surface area (Å²) in [6.45, 7) is 1.18. The van der Waals surface area contributed by atoms with Crippen LogP contribution in [0.4, 0.5) is 4.79 Å². The van der Waals surface area contributed by atoms with Gasteiger partial charge in [0.25, 0.3) is 0 Å². The van der Waals surface area contributed by atoms with Crippen molar-refractivity contribution < 1.29 is 19.5 Å². The van der Waals surface area contributed by atoms with Crippen molar-refractivity contribution in [3.63, 3.8) is 0 Å². The summed E-state index contributed by atoms with van der Waals surface area (Å²) in [7, 11) is 0. The minimum absolute atomic E-state index is 0.189. The van der Waals surface area contributed by atoms with Gasteiger partial charge in [0, 0.05) is 25.6 Å². The Hall–Kier alpha value is -1.79. The van der Waals surface area contributed by atoms with Gasteiger partial charge in [-0.1, -0.05) is 6.42 Å². The Morgan fingerprint density at radius 1 is 1.14 bits per heavy atom. The monoisotopic (exact) mass is 297 g/mol. The van der Waals surface area contributed by atoms with Gasteiger partial charge in [0.1, 0.15) is 0 Å². The Bertz CT molecular complexity index is 418. The molecule has 0 radical (unpaired) electrons. The number of urea groups is 1. The zero-order valence-electron chi connectivity index (χ0n) is 12.1. The second-order valence-electron chi connectivity index (χ2n) is 6.03. The molecule has 21 heavy (non-hydrogen) atoms. The van der Waals surface area contributed by atoms with Crippen molar-refractivity contribution in [1.29, 1.82) is 0 Å². The van der Waals surface area contributed by atoms with Crippen LogP contribution in [-0.2, 0) is 9.59 Å². The summed E-state index contributed by atoms with van der Waals surface area (Å²) in [6.07, 6.45) is 4.09. The molecule has 3 amide bonds. The van der Waals surface area contributed by atoms with E-state index in [1.165, 1.54) is 0 Å². The molecule has 1 saturated heterocycles. The van der Waals surface area contributed by atoms with E-state index in [-0.39, 0.29) is 23.9 Å². The highest BCUT2D eigenvalue weighted by Gasteiger charge is 2.35. The van der Waals surface area contributed by atoms with E-state index in [4.69, 9.17) is 10.8 Å². The van der Waals surface area contributed by atoms with E-state index < -0.39 is 11.9 Å². The first-order chi connectivity index (χ1) is 9.97. The minimum atomic E-state index is -0.835. The maximum Gasteiger partial charge on any atom is 0.317 e. The number of primary amides is 1. The van der Waals surface area contributed by atoms with Gasteiger partial charge in [-0.2, -0.15) is 0 Å². The molecule has 2 rings (SSSR count). The number of piperidine rings is 1. The number of likely N-dealkylation sites (tertiary alicyclic amines) is 1. The third kappa shape index (κ3) is 4.09. The number of carboxylic acid groups (broad SMARTS) is 1. The van der Waals surface area contributed by atoms with Crippen molar-refractivity contribution >= 4 is 17.9 Å². The lowest BCUT2D eigenvalue weighted by molar-refractivity contribution is -0.142. The molecule has 7 nitrogen and oxygen atoms in total. The number of hydrogen-bond donors (Lipinski definition) is 3. The van der Waals surface area contributed by atoms with Crippen molar-refractivity contribution in [1.82, 2.24) is 10.2 Å². The van der Waals surface area contributed by atoms with E-state index in [1.54, 1.807) is 4.90 Å². The first-order valence-electron chi connectivity index (χ1n) is 7.54. The number of rotatable bonds is 4. The van der Waals surface area contributed by atoms with Crippen LogP contribution in [0.1, 0.15) is 38.5 Å². The summed E-state index contributed by atoms with van der Waals surface area (Å²) in [5.74, 6) is -1.35. The molecule has 2 aliphatic rings. The van der Waals surface area contributed by atoms with Crippen LogP contribution in [0.3, 0.4) is 0 Å². The molecule has 118 valence electrons. The highest BCUT2D eigenvalue weighted by Crippen LogP contribution is 2.26. The second kappa shape index (κ2) is 6.78. The van der Waals surface area contributed by atoms with Crippen molar-refractivity contribution in [3.05, 3.63) is 0 Å². The highest BCUT2D eigenvalue weighted by molar-refractivity contribution is 5.77. The molecule has 0 aromatic carbocycles. The number of amides is 3. The number of carbonyl (C=O) groups is 3. The third-order valence-electron chi connectivity index (χ3n) is 4.53. The van der Waals surface area contributed by atoms with E-state index in [0.29, 0.717) is 25.9 Å². The fourth-order valence-corrected chi connectivity index (χ4v) is 3.30. The number of nitrogens with one attached hydrogen (secondary N) is 1. The van der Waals surface area contributed by atoms with Gasteiger partial charge in [0.15, 0.2) is 0 Å². The average Bonchev–Trinajstić information content (AvgIpc) is 2.87. The molecule has 1 aliphatic carbocycles. The van der Waals surface area contributed by atoms with E-state index in [1.807, 2.05) is 0 Å². The Balaban J connectivity index is 1.79. The van der Waals surface area contributed by atoms with Crippen LogP contribution in [0.5, 0.6) is 0 Å². The second-order valence-corrected chi connectivity index (χ2v) is 6.03. The summed E-state index contributed by atoms with van der Waals surface area (Å²) >= 11 is 0. The van der Waals surface area contributed by atoms with Crippen molar-refractivity contribution in [2.24, 2.45) is 17.6 Å². The summed E-state index contributed by atoms with van der Waals surface area (Å²) in [5.41, 5.74) is 5.18. The summed E-state index contributed by atoms with van der Waals surface area (Å²) in [5, 5.41) is 12.0. The van der Waals surface area contributed by atoms with Crippen molar-refractivity contribution in [2.75, 3.05) is 13.1 Å². The lowest BCUT2D eigenvalue weighted by Crippen LogP contribution is -2.49. The number of nitrogens with two attached hydrogens (primary N) is 1. The summed E-state index contributed by atoms with van der Waals surface area (Å²) < 4.78 is 0. The molecule has 2 fully saturated rings. The SMILES string of the molecule is NC(=O)CC1CCN(C(=O)NC2CCCC2C(=O)O)CC1. The molecule has 0 spiro atoms. The molecule has 2 unspecified atom stereocenters. The predicted molar refractivity (Wildman–Crippen MR) is 75.4 cm³/mol. The van der Waals surface area contributed by atoms with Crippen LogP contribution >= 0.6 is 0 Å². The lowest BCUT2D eigenvalue weighted by Gasteiger charge is -2.32. The van der Waals surface area contributed by atoms with Crippen LogP contribution in [0.25, 0.3) is 0 Å². The highest BCUT2D eigenvalue weighted by atomic mass is 16.4. The van der Waals surface area contributed by atoms with Crippen LogP contribution in [0.15, 0.2) is 0 Å². The van der Waals surface area contributed by atoms with E-state index in [2.05, 4.69) is 5.32 Å². The van der Waals surface area contributed by atoms with Gasteiger partial charge < -0.3 is 21.1 Å². The van der Waals surface area contributed by atoms with E-state index in [9.17, 15) is 14.4 Å². The third-order valence-corrected chi connectivity index (χ3v) is 4.53. The molecular formula is C14H23N3O4. The number of nitrogens with zero attached hydrogens (tertiary/aromatic N) is 1. The Morgan fingerprint density at radius 2 is 1.81 bits per heavy atom. The minimum Gasteiger partial charge on any atom is -0.481 e. The fourth-order valence-electron chi connectivity index (χ4n) is 3.30. The number of hydrogen-bond acceptors (Lipinski definition) is 3. The van der Waals surface area contributed by atoms with Crippen molar-refractivity contribution in [3.8, 4) is 0 Å². The first-order valence-corrected chi connectivity index (χ1v) is 7.54. The average molecular weight is 297 g/mol. The largest absolute Gasteiger partial charge is 0.481 e. The van der Waals surface area contributed by atoms with Gasteiger partial charge in [0.05, 0.1) is 5.92 Å². The number of carbonyl (C=O) groups excluding carboxylic acids is 2. The van der Waals surface area contributed by atoms with Gasteiger partial charge in [-0.3, -0.25) is 9.59 Å². The fraction of sp³-hybridized carbons (Fsp3) is 0.786. The number of carboxylic acids is 1. The standard InChI is InChI=1S/C14H23N3O4/c15-12(18)8-9-4-6-17(7-5-9)14(21)16-11-3-1-2-10(11)13(19)20/h9-11H,1-8H2,(H2,15,18)(H,16,21)(H,19,20). The molecule has 4 N–H and O–H groups in total. The van der Waals surface area contributed by atoms with Crippen LogP contribution in [0, 0.1) is 11.8 Å². The first kappa shape index (κ1) is 15.6. The van der Waals surface area contributed by atoms with Crippen molar-refractivity contribution in [2.45, 2.75) is 44.6 Å². The zero-order valence-corrected chi connectivity index (χ0v) is 12.1. The molecule has 1 aliphatic heterocycles. The molecule has 1 heterocycles. The normalized spacial score (nSPS) is 26.6. The predicted octanol–water partition coefficient (Wildman–Crippen LogP) is 0.537. The smallest absolute Gasteiger partial charge is 0.317 e. The van der Waals surface area contributed by atoms with Gasteiger partial charge in [-0.15, -0.1) is 0 Å². The topological polar surface area (TPSA) is 113 Å². The molecule has 1 saturated carbocycles. The maximum atomic E-state index is 12.2. The molecule has 0 aromatic rings. The van der Waals surface area contributed by atoms with Gasteiger partial charge >= 0.3 is 12.0 Å². The Kier molecular flexibility index (Phi) is 5.03. The molecule has 0 bridgehead atoms. The Labute approximate surface area is 123 Å². The summed E-state index contributed by atoms with van der Waals surface area (Å²) in [4.78, 5) is 35.9. The van der Waals surface area contributed by atoms with Gasteiger partial charge in [-0.25, -0.2) is 4.79 Å². The van der Waals surface area contributed by atoms with E-state index >= 15 is 0 Å². The van der Waals surface area contributed by atoms with Crippen LogP contribution in [0.2, 0.25) is 0 Å².